The molecule has 0 N–H and O–H groups in total. The molecule has 5 nitrogen and oxygen atoms in total. The van der Waals surface area contributed by atoms with Crippen molar-refractivity contribution in [1.82, 2.24) is 9.21 Å². The van der Waals surface area contributed by atoms with Gasteiger partial charge in [0, 0.05) is 31.7 Å². The van der Waals surface area contributed by atoms with E-state index in [1.807, 2.05) is 6.92 Å². The molecule has 0 radical (unpaired) electrons. The van der Waals surface area contributed by atoms with E-state index in [4.69, 9.17) is 0 Å². The molecule has 3 rings (SSSR count). The normalized spacial score (nSPS) is 15.9. The van der Waals surface area contributed by atoms with Crippen molar-refractivity contribution in [3.05, 3.63) is 65.0 Å². The van der Waals surface area contributed by atoms with Crippen molar-refractivity contribution < 1.29 is 17.6 Å². The van der Waals surface area contributed by atoms with Gasteiger partial charge in [-0.3, -0.25) is 4.79 Å². The molecule has 1 heterocycles. The van der Waals surface area contributed by atoms with Gasteiger partial charge >= 0.3 is 0 Å². The van der Waals surface area contributed by atoms with E-state index >= 15 is 0 Å². The zero-order valence-corrected chi connectivity index (χ0v) is 15.6. The number of sulfonamides is 1. The van der Waals surface area contributed by atoms with Crippen molar-refractivity contribution in [2.45, 2.75) is 18.7 Å². The first-order chi connectivity index (χ1) is 12.3. The first-order valence-corrected chi connectivity index (χ1v) is 9.85. The molecular weight excluding hydrogens is 355 g/mol. The predicted octanol–water partition coefficient (Wildman–Crippen LogP) is 2.59. The Labute approximate surface area is 153 Å². The first kappa shape index (κ1) is 18.5. The molecular formula is C19H21FN2O3S. The van der Waals surface area contributed by atoms with Crippen molar-refractivity contribution >= 4 is 15.9 Å². The summed E-state index contributed by atoms with van der Waals surface area (Å²) in [7, 11) is -3.57. The van der Waals surface area contributed by atoms with Gasteiger partial charge in [0.15, 0.2) is 0 Å². The van der Waals surface area contributed by atoms with Gasteiger partial charge < -0.3 is 4.90 Å². The van der Waals surface area contributed by atoms with E-state index in [0.29, 0.717) is 5.56 Å². The number of hydrogen-bond acceptors (Lipinski definition) is 3. The highest BCUT2D eigenvalue weighted by molar-refractivity contribution is 7.89. The molecule has 0 aliphatic carbocycles. The second-order valence-electron chi connectivity index (χ2n) is 6.47. The minimum Gasteiger partial charge on any atom is -0.336 e. The number of benzene rings is 2. The fourth-order valence-corrected chi connectivity index (χ4v) is 4.32. The number of amides is 1. The number of piperazine rings is 1. The Kier molecular flexibility index (Phi) is 5.11. The summed E-state index contributed by atoms with van der Waals surface area (Å²) in [6, 6.07) is 11.1. The summed E-state index contributed by atoms with van der Waals surface area (Å²) < 4.78 is 40.5. The third-order valence-corrected chi connectivity index (χ3v) is 6.52. The van der Waals surface area contributed by atoms with Crippen LogP contribution in [0, 0.1) is 19.7 Å². The van der Waals surface area contributed by atoms with Gasteiger partial charge in [0.25, 0.3) is 5.91 Å². The van der Waals surface area contributed by atoms with Crippen molar-refractivity contribution in [2.75, 3.05) is 26.2 Å². The summed E-state index contributed by atoms with van der Waals surface area (Å²) >= 11 is 0. The smallest absolute Gasteiger partial charge is 0.254 e. The summed E-state index contributed by atoms with van der Waals surface area (Å²) in [6.07, 6.45) is 0. The fourth-order valence-electron chi connectivity index (χ4n) is 2.90. The molecule has 1 aliphatic rings. The van der Waals surface area contributed by atoms with Crippen LogP contribution in [0.2, 0.25) is 0 Å². The Morgan fingerprint density at radius 1 is 0.962 bits per heavy atom. The Balaban J connectivity index is 1.69. The first-order valence-electron chi connectivity index (χ1n) is 8.41. The monoisotopic (exact) mass is 376 g/mol. The molecule has 1 amide bonds. The van der Waals surface area contributed by atoms with Crippen LogP contribution in [-0.4, -0.2) is 49.7 Å². The maximum absolute atomic E-state index is 13.7. The molecule has 138 valence electrons. The molecule has 1 saturated heterocycles. The van der Waals surface area contributed by atoms with Gasteiger partial charge in [0.1, 0.15) is 5.82 Å². The Morgan fingerprint density at radius 3 is 2.15 bits per heavy atom. The van der Waals surface area contributed by atoms with Crippen LogP contribution in [0.25, 0.3) is 0 Å². The Bertz CT molecular complexity index is 918. The molecule has 26 heavy (non-hydrogen) atoms. The van der Waals surface area contributed by atoms with E-state index in [1.54, 1.807) is 48.2 Å². The quantitative estimate of drug-likeness (QED) is 0.827. The van der Waals surface area contributed by atoms with E-state index in [-0.39, 0.29) is 42.5 Å². The Morgan fingerprint density at radius 2 is 1.58 bits per heavy atom. The molecule has 2 aromatic carbocycles. The molecule has 0 unspecified atom stereocenters. The zero-order chi connectivity index (χ0) is 18.9. The third kappa shape index (κ3) is 3.64. The fraction of sp³-hybridized carbons (Fsp3) is 0.316. The molecule has 0 atom stereocenters. The summed E-state index contributed by atoms with van der Waals surface area (Å²) in [4.78, 5) is 14.3. The lowest BCUT2D eigenvalue weighted by molar-refractivity contribution is 0.0697. The maximum Gasteiger partial charge on any atom is 0.254 e. The van der Waals surface area contributed by atoms with Gasteiger partial charge in [-0.1, -0.05) is 23.8 Å². The van der Waals surface area contributed by atoms with E-state index in [0.717, 1.165) is 5.56 Å². The topological polar surface area (TPSA) is 57.7 Å². The number of aryl methyl sites for hydroxylation is 2. The SMILES string of the molecule is Cc1ccc(S(=O)(=O)N2CCN(C(=O)c3ccc(C)c(F)c3)CC2)cc1. The molecule has 2 aromatic rings. The predicted molar refractivity (Wildman–Crippen MR) is 97.0 cm³/mol. The van der Waals surface area contributed by atoms with Crippen molar-refractivity contribution in [3.63, 3.8) is 0 Å². The highest BCUT2D eigenvalue weighted by Gasteiger charge is 2.30. The summed E-state index contributed by atoms with van der Waals surface area (Å²) in [5.41, 5.74) is 1.75. The number of carbonyl (C=O) groups excluding carboxylic acids is 1. The molecule has 1 fully saturated rings. The minimum atomic E-state index is -3.57. The molecule has 0 saturated carbocycles. The van der Waals surface area contributed by atoms with E-state index in [2.05, 4.69) is 0 Å². The van der Waals surface area contributed by atoms with Gasteiger partial charge in [0.05, 0.1) is 4.90 Å². The van der Waals surface area contributed by atoms with Gasteiger partial charge in [0.2, 0.25) is 10.0 Å². The lowest BCUT2D eigenvalue weighted by Gasteiger charge is -2.34. The lowest BCUT2D eigenvalue weighted by Crippen LogP contribution is -2.50. The van der Waals surface area contributed by atoms with Crippen LogP contribution < -0.4 is 0 Å². The van der Waals surface area contributed by atoms with Gasteiger partial charge in [-0.05, 0) is 43.7 Å². The summed E-state index contributed by atoms with van der Waals surface area (Å²) in [5.74, 6) is -0.701. The van der Waals surface area contributed by atoms with Crippen molar-refractivity contribution in [2.24, 2.45) is 0 Å². The number of hydrogen-bond donors (Lipinski definition) is 0. The zero-order valence-electron chi connectivity index (χ0n) is 14.8. The van der Waals surface area contributed by atoms with Crippen LogP contribution in [0.3, 0.4) is 0 Å². The molecule has 1 aliphatic heterocycles. The Hall–Kier alpha value is -2.25. The highest BCUT2D eigenvalue weighted by Crippen LogP contribution is 2.19. The van der Waals surface area contributed by atoms with Crippen molar-refractivity contribution in [1.29, 1.82) is 0 Å². The van der Waals surface area contributed by atoms with E-state index < -0.39 is 15.8 Å². The summed E-state index contributed by atoms with van der Waals surface area (Å²) in [5, 5.41) is 0. The third-order valence-electron chi connectivity index (χ3n) is 4.60. The molecule has 0 aromatic heterocycles. The van der Waals surface area contributed by atoms with E-state index in [9.17, 15) is 17.6 Å². The number of nitrogens with zero attached hydrogens (tertiary/aromatic N) is 2. The van der Waals surface area contributed by atoms with Crippen LogP contribution in [-0.2, 0) is 10.0 Å². The van der Waals surface area contributed by atoms with Crippen molar-refractivity contribution in [3.8, 4) is 0 Å². The highest BCUT2D eigenvalue weighted by atomic mass is 32.2. The second kappa shape index (κ2) is 7.17. The standard InChI is InChI=1S/C19H21FN2O3S/c1-14-3-7-17(8-4-14)26(24,25)22-11-9-21(10-12-22)19(23)16-6-5-15(2)18(20)13-16/h3-8,13H,9-12H2,1-2H3. The lowest BCUT2D eigenvalue weighted by atomic mass is 10.1. The van der Waals surface area contributed by atoms with Crippen LogP contribution in [0.4, 0.5) is 4.39 Å². The minimum absolute atomic E-state index is 0.219. The van der Waals surface area contributed by atoms with Gasteiger partial charge in [-0.15, -0.1) is 0 Å². The van der Waals surface area contributed by atoms with Crippen LogP contribution >= 0.6 is 0 Å². The van der Waals surface area contributed by atoms with Gasteiger partial charge in [-0.25, -0.2) is 12.8 Å². The molecule has 0 spiro atoms. The van der Waals surface area contributed by atoms with Crippen LogP contribution in [0.1, 0.15) is 21.5 Å². The number of halogens is 1. The maximum atomic E-state index is 13.7. The average Bonchev–Trinajstić information content (AvgIpc) is 2.64. The molecule has 7 heteroatoms. The average molecular weight is 376 g/mol. The van der Waals surface area contributed by atoms with Crippen LogP contribution in [0.15, 0.2) is 47.4 Å². The largest absolute Gasteiger partial charge is 0.336 e. The molecule has 0 bridgehead atoms. The van der Waals surface area contributed by atoms with Crippen LogP contribution in [0.5, 0.6) is 0 Å². The summed E-state index contributed by atoms with van der Waals surface area (Å²) in [6.45, 7) is 4.53. The van der Waals surface area contributed by atoms with E-state index in [1.165, 1.54) is 10.4 Å². The number of carbonyl (C=O) groups is 1. The van der Waals surface area contributed by atoms with Gasteiger partial charge in [-0.2, -0.15) is 4.31 Å². The number of rotatable bonds is 3. The second-order valence-corrected chi connectivity index (χ2v) is 8.41.